The normalized spacial score (nSPS) is 12.6. The van der Waals surface area contributed by atoms with Gasteiger partial charge in [0.1, 0.15) is 0 Å². The molecule has 1 aromatic heterocycles. The molecule has 1 N–H and O–H groups in total. The van der Waals surface area contributed by atoms with Crippen LogP contribution in [-0.4, -0.2) is 14.7 Å². The summed E-state index contributed by atoms with van der Waals surface area (Å²) < 4.78 is 3.92. The summed E-state index contributed by atoms with van der Waals surface area (Å²) in [6.07, 6.45) is 1.58. The van der Waals surface area contributed by atoms with Gasteiger partial charge < -0.3 is 5.11 Å². The standard InChI is InChI=1S/C13H14Cl2N2OS/c1-2-4-10-13(19-17-16-10)11(18)7-8-5-3-6-9(14)12(8)15/h3,5-6,11,18H,2,4,7H2,1H3. The van der Waals surface area contributed by atoms with E-state index < -0.39 is 6.10 Å². The van der Waals surface area contributed by atoms with Gasteiger partial charge in [-0.2, -0.15) is 0 Å². The zero-order valence-corrected chi connectivity index (χ0v) is 12.8. The van der Waals surface area contributed by atoms with Crippen molar-refractivity contribution in [3.05, 3.63) is 44.4 Å². The van der Waals surface area contributed by atoms with Gasteiger partial charge in [0.15, 0.2) is 0 Å². The Bertz CT molecular complexity index is 559. The molecule has 0 amide bonds. The number of aryl methyl sites for hydroxylation is 1. The highest BCUT2D eigenvalue weighted by Crippen LogP contribution is 2.31. The zero-order valence-electron chi connectivity index (χ0n) is 10.4. The van der Waals surface area contributed by atoms with Gasteiger partial charge in [0.25, 0.3) is 0 Å². The topological polar surface area (TPSA) is 46.0 Å². The Morgan fingerprint density at radius 2 is 2.16 bits per heavy atom. The number of halogens is 2. The van der Waals surface area contributed by atoms with Crippen LogP contribution in [0, 0.1) is 0 Å². The molecular formula is C13H14Cl2N2OS. The highest BCUT2D eigenvalue weighted by Gasteiger charge is 2.18. The Morgan fingerprint density at radius 1 is 1.37 bits per heavy atom. The van der Waals surface area contributed by atoms with Gasteiger partial charge in [-0.05, 0) is 29.6 Å². The third-order valence-corrected chi connectivity index (χ3v) is 4.55. The van der Waals surface area contributed by atoms with Gasteiger partial charge in [0, 0.05) is 6.42 Å². The Balaban J connectivity index is 2.18. The van der Waals surface area contributed by atoms with Crippen LogP contribution >= 0.6 is 34.7 Å². The van der Waals surface area contributed by atoms with E-state index in [0.29, 0.717) is 16.5 Å². The molecule has 0 bridgehead atoms. The van der Waals surface area contributed by atoms with E-state index in [2.05, 4.69) is 16.5 Å². The van der Waals surface area contributed by atoms with Gasteiger partial charge in [-0.3, -0.25) is 0 Å². The first-order valence-corrected chi connectivity index (χ1v) is 7.58. The van der Waals surface area contributed by atoms with Crippen molar-refractivity contribution in [1.82, 2.24) is 9.59 Å². The van der Waals surface area contributed by atoms with Crippen molar-refractivity contribution in [2.45, 2.75) is 32.3 Å². The molecule has 0 saturated carbocycles. The molecule has 1 unspecified atom stereocenters. The first kappa shape index (κ1) is 14.7. The van der Waals surface area contributed by atoms with Crippen molar-refractivity contribution in [3.8, 4) is 0 Å². The van der Waals surface area contributed by atoms with E-state index in [1.165, 1.54) is 11.5 Å². The van der Waals surface area contributed by atoms with Crippen molar-refractivity contribution in [3.63, 3.8) is 0 Å². The lowest BCUT2D eigenvalue weighted by molar-refractivity contribution is 0.181. The highest BCUT2D eigenvalue weighted by atomic mass is 35.5. The van der Waals surface area contributed by atoms with Crippen molar-refractivity contribution in [2.24, 2.45) is 0 Å². The van der Waals surface area contributed by atoms with E-state index in [4.69, 9.17) is 23.2 Å². The van der Waals surface area contributed by atoms with Crippen molar-refractivity contribution in [2.75, 3.05) is 0 Å². The molecule has 1 aromatic carbocycles. The minimum atomic E-state index is -0.641. The van der Waals surface area contributed by atoms with Crippen molar-refractivity contribution >= 4 is 34.7 Å². The maximum atomic E-state index is 10.3. The van der Waals surface area contributed by atoms with Crippen molar-refractivity contribution < 1.29 is 5.11 Å². The average Bonchev–Trinajstić information content (AvgIpc) is 2.84. The lowest BCUT2D eigenvalue weighted by Gasteiger charge is -2.11. The Kier molecular flexibility index (Phi) is 5.16. The minimum absolute atomic E-state index is 0.417. The van der Waals surface area contributed by atoms with Crippen LogP contribution in [-0.2, 0) is 12.8 Å². The van der Waals surface area contributed by atoms with Crippen LogP contribution in [0.5, 0.6) is 0 Å². The third-order valence-electron chi connectivity index (χ3n) is 2.82. The van der Waals surface area contributed by atoms with Crippen LogP contribution < -0.4 is 0 Å². The van der Waals surface area contributed by atoms with Crippen LogP contribution in [0.2, 0.25) is 10.0 Å². The first-order chi connectivity index (χ1) is 9.13. The molecule has 6 heteroatoms. The number of hydrogen-bond donors (Lipinski definition) is 1. The summed E-state index contributed by atoms with van der Waals surface area (Å²) in [6, 6.07) is 5.43. The molecule has 19 heavy (non-hydrogen) atoms. The van der Waals surface area contributed by atoms with Gasteiger partial charge in [-0.25, -0.2) is 0 Å². The van der Waals surface area contributed by atoms with Gasteiger partial charge in [-0.15, -0.1) is 5.10 Å². The number of benzene rings is 1. The molecule has 1 heterocycles. The fourth-order valence-corrected chi connectivity index (χ4v) is 2.96. The monoisotopic (exact) mass is 316 g/mol. The second kappa shape index (κ2) is 6.66. The Hall–Kier alpha value is -0.680. The predicted molar refractivity (Wildman–Crippen MR) is 79.0 cm³/mol. The molecule has 3 nitrogen and oxygen atoms in total. The fourth-order valence-electron chi connectivity index (χ4n) is 1.89. The number of nitrogens with zero attached hydrogens (tertiary/aromatic N) is 2. The predicted octanol–water partition coefficient (Wildman–Crippen LogP) is 4.07. The number of aromatic nitrogens is 2. The summed E-state index contributed by atoms with van der Waals surface area (Å²) in [6.45, 7) is 2.07. The number of aliphatic hydroxyl groups is 1. The Labute approximate surface area is 126 Å². The molecular weight excluding hydrogens is 303 g/mol. The summed E-state index contributed by atoms with van der Waals surface area (Å²) in [5, 5.41) is 15.4. The third kappa shape index (κ3) is 3.45. The van der Waals surface area contributed by atoms with Crippen LogP contribution in [0.4, 0.5) is 0 Å². The second-order valence-corrected chi connectivity index (χ2v) is 5.84. The highest BCUT2D eigenvalue weighted by molar-refractivity contribution is 7.05. The smallest absolute Gasteiger partial charge is 0.0957 e. The largest absolute Gasteiger partial charge is 0.387 e. The quantitative estimate of drug-likeness (QED) is 0.904. The summed E-state index contributed by atoms with van der Waals surface area (Å²) in [7, 11) is 0. The lowest BCUT2D eigenvalue weighted by atomic mass is 10.0. The number of hydrogen-bond acceptors (Lipinski definition) is 4. The summed E-state index contributed by atoms with van der Waals surface area (Å²) >= 11 is 13.3. The van der Waals surface area contributed by atoms with Gasteiger partial charge in [0.2, 0.25) is 0 Å². The van der Waals surface area contributed by atoms with E-state index in [9.17, 15) is 5.11 Å². The average molecular weight is 317 g/mol. The van der Waals surface area contributed by atoms with E-state index in [1.807, 2.05) is 12.1 Å². The van der Waals surface area contributed by atoms with Crippen LogP contribution in [0.1, 0.15) is 35.6 Å². The van der Waals surface area contributed by atoms with E-state index in [1.54, 1.807) is 6.07 Å². The number of rotatable bonds is 5. The van der Waals surface area contributed by atoms with Gasteiger partial charge >= 0.3 is 0 Å². The maximum absolute atomic E-state index is 10.3. The van der Waals surface area contributed by atoms with E-state index in [0.717, 1.165) is 29.0 Å². The summed E-state index contributed by atoms with van der Waals surface area (Å²) in [5.41, 5.74) is 1.70. The molecule has 0 radical (unpaired) electrons. The molecule has 102 valence electrons. The zero-order chi connectivity index (χ0) is 13.8. The lowest BCUT2D eigenvalue weighted by Crippen LogP contribution is -2.04. The minimum Gasteiger partial charge on any atom is -0.387 e. The Morgan fingerprint density at radius 3 is 2.89 bits per heavy atom. The molecule has 0 saturated heterocycles. The van der Waals surface area contributed by atoms with Gasteiger partial charge in [-0.1, -0.05) is 53.2 Å². The molecule has 0 aliphatic carbocycles. The van der Waals surface area contributed by atoms with Gasteiger partial charge in [0.05, 0.1) is 26.7 Å². The molecule has 2 rings (SSSR count). The molecule has 0 aliphatic heterocycles. The molecule has 2 aromatic rings. The van der Waals surface area contributed by atoms with Crippen LogP contribution in [0.15, 0.2) is 18.2 Å². The molecule has 0 spiro atoms. The van der Waals surface area contributed by atoms with Crippen LogP contribution in [0.25, 0.3) is 0 Å². The summed E-state index contributed by atoms with van der Waals surface area (Å²) in [4.78, 5) is 0.817. The molecule has 0 fully saturated rings. The second-order valence-electron chi connectivity index (χ2n) is 4.27. The van der Waals surface area contributed by atoms with E-state index in [-0.39, 0.29) is 0 Å². The number of aliphatic hydroxyl groups excluding tert-OH is 1. The molecule has 1 atom stereocenters. The summed E-state index contributed by atoms with van der Waals surface area (Å²) in [5.74, 6) is 0. The SMILES string of the molecule is CCCc1nnsc1C(O)Cc1cccc(Cl)c1Cl. The van der Waals surface area contributed by atoms with E-state index >= 15 is 0 Å². The first-order valence-electron chi connectivity index (χ1n) is 6.05. The van der Waals surface area contributed by atoms with Crippen molar-refractivity contribution in [1.29, 1.82) is 0 Å². The maximum Gasteiger partial charge on any atom is 0.0957 e. The fraction of sp³-hybridized carbons (Fsp3) is 0.385. The molecule has 0 aliphatic rings. The van der Waals surface area contributed by atoms with Crippen LogP contribution in [0.3, 0.4) is 0 Å².